The van der Waals surface area contributed by atoms with Crippen LogP contribution < -0.4 is 11.5 Å². The van der Waals surface area contributed by atoms with Crippen molar-refractivity contribution in [3.8, 4) is 0 Å². The smallest absolute Gasteiger partial charge is 0.312 e. The van der Waals surface area contributed by atoms with Crippen LogP contribution in [0.1, 0.15) is 49.0 Å². The van der Waals surface area contributed by atoms with Crippen LogP contribution in [0.2, 0.25) is 0 Å². The van der Waals surface area contributed by atoms with Crippen molar-refractivity contribution in [3.05, 3.63) is 35.4 Å². The van der Waals surface area contributed by atoms with Crippen LogP contribution in [0.15, 0.2) is 24.3 Å². The van der Waals surface area contributed by atoms with Crippen molar-refractivity contribution in [1.29, 1.82) is 5.41 Å². The molecule has 1 saturated heterocycles. The molecule has 1 fully saturated rings. The zero-order valence-corrected chi connectivity index (χ0v) is 21.4. The van der Waals surface area contributed by atoms with Gasteiger partial charge in [0.2, 0.25) is 5.91 Å². The molecule has 0 aromatic heterocycles. The van der Waals surface area contributed by atoms with Crippen molar-refractivity contribution in [2.45, 2.75) is 45.2 Å². The zero-order chi connectivity index (χ0) is 25.1. The van der Waals surface area contributed by atoms with E-state index >= 15 is 0 Å². The van der Waals surface area contributed by atoms with Gasteiger partial charge in [-0.05, 0) is 37.3 Å². The number of imide groups is 1. The number of amides is 3. The van der Waals surface area contributed by atoms with Crippen molar-refractivity contribution < 1.29 is 22.8 Å². The summed E-state index contributed by atoms with van der Waals surface area (Å²) in [6.45, 7) is 4.08. The van der Waals surface area contributed by atoms with Crippen molar-refractivity contribution in [2.24, 2.45) is 17.4 Å². The number of rotatable bonds is 8. The molecule has 0 saturated carbocycles. The molecular weight excluding hydrogens is 484 g/mol. The molecule has 0 radical (unpaired) electrons. The largest absolute Gasteiger partial charge is 0.384 e. The van der Waals surface area contributed by atoms with Crippen LogP contribution in [0, 0.1) is 11.3 Å². The Morgan fingerprint density at radius 1 is 1.15 bits per heavy atom. The molecule has 2 atom stereocenters. The van der Waals surface area contributed by atoms with Gasteiger partial charge in [0.15, 0.2) is 0 Å². The number of amidine groups is 1. The molecule has 0 aliphatic carbocycles. The van der Waals surface area contributed by atoms with Gasteiger partial charge in [-0.15, -0.1) is 12.4 Å². The SMILES string of the molecule is CC(C)C[C@@H](N)C(=O)N1CCC[C@H]1C(=O)N(C(=O)c1ccc(C(=N)N)cc1)S(=O)(=O)N(C)C.Cl. The van der Waals surface area contributed by atoms with Crippen LogP contribution in [-0.4, -0.2) is 78.2 Å². The Hall–Kier alpha value is -2.54. The maximum absolute atomic E-state index is 13.5. The van der Waals surface area contributed by atoms with Crippen molar-refractivity contribution in [3.63, 3.8) is 0 Å². The van der Waals surface area contributed by atoms with E-state index in [4.69, 9.17) is 16.9 Å². The molecule has 1 aromatic rings. The molecule has 1 aliphatic heterocycles. The Morgan fingerprint density at radius 2 is 1.68 bits per heavy atom. The summed E-state index contributed by atoms with van der Waals surface area (Å²) in [5.74, 6) is -2.58. The standard InChI is InChI=1S/C21H32N6O5S.ClH/c1-13(2)12-16(22)20(29)26-11-5-6-17(26)21(30)27(33(31,32)25(3)4)19(28)15-9-7-14(8-10-15)18(23)24;/h7-10,13,16-17H,5-6,11-12,22H2,1-4H3,(H3,23,24);1H/t16-,17+;/m1./s1. The summed E-state index contributed by atoms with van der Waals surface area (Å²) in [5.41, 5.74) is 11.7. The average molecular weight is 517 g/mol. The summed E-state index contributed by atoms with van der Waals surface area (Å²) in [6, 6.07) is 3.41. The Balaban J connectivity index is 0.00000578. The summed E-state index contributed by atoms with van der Waals surface area (Å²) < 4.78 is 27.0. The van der Waals surface area contributed by atoms with E-state index in [2.05, 4.69) is 0 Å². The van der Waals surface area contributed by atoms with Gasteiger partial charge < -0.3 is 16.4 Å². The molecule has 13 heteroatoms. The third-order valence-corrected chi connectivity index (χ3v) is 7.11. The fourth-order valence-electron chi connectivity index (χ4n) is 3.64. The Morgan fingerprint density at radius 3 is 2.15 bits per heavy atom. The van der Waals surface area contributed by atoms with Gasteiger partial charge in [0, 0.05) is 31.8 Å². The van der Waals surface area contributed by atoms with Gasteiger partial charge in [0.1, 0.15) is 11.9 Å². The fraction of sp³-hybridized carbons (Fsp3) is 0.524. The zero-order valence-electron chi connectivity index (χ0n) is 19.7. The molecular formula is C21H33ClN6O5S. The fourth-order valence-corrected chi connectivity index (χ4v) is 4.63. The number of nitrogens with two attached hydrogens (primary N) is 2. The van der Waals surface area contributed by atoms with Gasteiger partial charge in [-0.2, -0.15) is 17.0 Å². The quantitative estimate of drug-likeness (QED) is 0.257. The van der Waals surface area contributed by atoms with Gasteiger partial charge in [0.05, 0.1) is 6.04 Å². The van der Waals surface area contributed by atoms with E-state index in [0.29, 0.717) is 18.4 Å². The molecule has 5 N–H and O–H groups in total. The molecule has 0 unspecified atom stereocenters. The first-order chi connectivity index (χ1) is 15.3. The summed E-state index contributed by atoms with van der Waals surface area (Å²) in [4.78, 5) is 40.8. The molecule has 1 heterocycles. The van der Waals surface area contributed by atoms with E-state index in [1.54, 1.807) is 0 Å². The van der Waals surface area contributed by atoms with Crippen LogP contribution in [0.4, 0.5) is 0 Å². The molecule has 190 valence electrons. The minimum atomic E-state index is -4.51. The van der Waals surface area contributed by atoms with Gasteiger partial charge in [-0.3, -0.25) is 19.8 Å². The number of halogens is 1. The lowest BCUT2D eigenvalue weighted by atomic mass is 10.0. The molecule has 2 rings (SSSR count). The summed E-state index contributed by atoms with van der Waals surface area (Å²) in [5, 5.41) is 7.45. The predicted molar refractivity (Wildman–Crippen MR) is 131 cm³/mol. The molecule has 0 spiro atoms. The van der Waals surface area contributed by atoms with Crippen LogP contribution in [0.25, 0.3) is 0 Å². The van der Waals surface area contributed by atoms with Crippen molar-refractivity contribution in [2.75, 3.05) is 20.6 Å². The third kappa shape index (κ3) is 6.32. The molecule has 1 aromatic carbocycles. The Bertz CT molecular complexity index is 1030. The summed E-state index contributed by atoms with van der Waals surface area (Å²) >= 11 is 0. The summed E-state index contributed by atoms with van der Waals surface area (Å²) in [7, 11) is -2.09. The first-order valence-corrected chi connectivity index (χ1v) is 12.0. The highest BCUT2D eigenvalue weighted by Gasteiger charge is 2.45. The number of nitrogens with zero attached hydrogens (tertiary/aromatic N) is 3. The topological polar surface area (TPSA) is 171 Å². The van der Waals surface area contributed by atoms with Crippen molar-refractivity contribution >= 4 is 46.2 Å². The highest BCUT2D eigenvalue weighted by atomic mass is 35.5. The lowest BCUT2D eigenvalue weighted by Crippen LogP contribution is -2.56. The molecule has 11 nitrogen and oxygen atoms in total. The maximum atomic E-state index is 13.5. The van der Waals surface area contributed by atoms with Crippen LogP contribution in [0.5, 0.6) is 0 Å². The van der Waals surface area contributed by atoms with E-state index in [0.717, 1.165) is 4.31 Å². The number of carbonyl (C=O) groups excluding carboxylic acids is 3. The average Bonchev–Trinajstić information content (AvgIpc) is 3.22. The Kier molecular flexibility index (Phi) is 10.2. The number of carbonyl (C=O) groups is 3. The highest BCUT2D eigenvalue weighted by molar-refractivity contribution is 7.87. The van der Waals surface area contributed by atoms with E-state index in [1.165, 1.54) is 43.3 Å². The third-order valence-electron chi connectivity index (χ3n) is 5.38. The van der Waals surface area contributed by atoms with E-state index in [1.807, 2.05) is 13.8 Å². The van der Waals surface area contributed by atoms with Gasteiger partial charge >= 0.3 is 10.2 Å². The predicted octanol–water partition coefficient (Wildman–Crippen LogP) is 0.532. The van der Waals surface area contributed by atoms with E-state index < -0.39 is 40.0 Å². The molecule has 34 heavy (non-hydrogen) atoms. The minimum Gasteiger partial charge on any atom is -0.384 e. The van der Waals surface area contributed by atoms with Crippen LogP contribution in [0.3, 0.4) is 0 Å². The number of nitrogens with one attached hydrogen (secondary N) is 1. The van der Waals surface area contributed by atoms with E-state index in [-0.39, 0.29) is 47.0 Å². The van der Waals surface area contributed by atoms with Gasteiger partial charge in [0.25, 0.3) is 11.8 Å². The normalized spacial score (nSPS) is 16.8. The second kappa shape index (κ2) is 11.7. The lowest BCUT2D eigenvalue weighted by molar-refractivity contribution is -0.141. The van der Waals surface area contributed by atoms with Crippen molar-refractivity contribution in [1.82, 2.24) is 13.5 Å². The van der Waals surface area contributed by atoms with Gasteiger partial charge in [-0.1, -0.05) is 26.0 Å². The highest BCUT2D eigenvalue weighted by Crippen LogP contribution is 2.24. The first-order valence-electron chi connectivity index (χ1n) is 10.6. The monoisotopic (exact) mass is 516 g/mol. The van der Waals surface area contributed by atoms with Crippen LogP contribution in [-0.2, 0) is 19.8 Å². The van der Waals surface area contributed by atoms with Crippen LogP contribution >= 0.6 is 12.4 Å². The second-order valence-corrected chi connectivity index (χ2v) is 10.6. The summed E-state index contributed by atoms with van der Waals surface area (Å²) in [6.07, 6.45) is 1.11. The number of hydrogen-bond acceptors (Lipinski definition) is 7. The second-order valence-electron chi connectivity index (χ2n) is 8.61. The number of benzene rings is 1. The lowest BCUT2D eigenvalue weighted by Gasteiger charge is -2.31. The number of hydrogen-bond donors (Lipinski definition) is 3. The number of likely N-dealkylation sites (tertiary alicyclic amines) is 1. The van der Waals surface area contributed by atoms with E-state index in [9.17, 15) is 22.8 Å². The number of nitrogen functional groups attached to an aromatic ring is 1. The molecule has 0 bridgehead atoms. The minimum absolute atomic E-state index is 0. The Labute approximate surface area is 206 Å². The molecule has 1 aliphatic rings. The van der Waals surface area contributed by atoms with Gasteiger partial charge in [-0.25, -0.2) is 0 Å². The molecule has 3 amide bonds. The first kappa shape index (κ1) is 29.5. The maximum Gasteiger partial charge on any atom is 0.312 e.